The molecule has 1 unspecified atom stereocenters. The number of nitrogens with zero attached hydrogens (tertiary/aromatic N) is 1. The van der Waals surface area contributed by atoms with Gasteiger partial charge in [0.15, 0.2) is 6.10 Å². The number of aliphatic hydroxyl groups excluding tert-OH is 1. The molecule has 1 heterocycles. The standard InChI is InChI=1S/C13H14N2O5/c16-10(13(18)19)7-14-12(17)11-6-9(15-20-11)8-4-2-1-3-5-8/h1-5,10-11,16H,6-7H2,(H,14,17)(H,18,19)/t10-,11?/m0/s1. The first-order valence-electron chi connectivity index (χ1n) is 6.04. The van der Waals surface area contributed by atoms with Crippen LogP contribution >= 0.6 is 0 Å². The molecule has 20 heavy (non-hydrogen) atoms. The SMILES string of the molecule is O=C(NC[C@H](O)C(=O)O)C1CC(c2ccccc2)=NO1. The molecular weight excluding hydrogens is 264 g/mol. The van der Waals surface area contributed by atoms with E-state index in [1.165, 1.54) is 0 Å². The molecule has 0 aliphatic carbocycles. The summed E-state index contributed by atoms with van der Waals surface area (Å²) in [5.41, 5.74) is 1.53. The number of oxime groups is 1. The second kappa shape index (κ2) is 6.16. The van der Waals surface area contributed by atoms with Crippen molar-refractivity contribution < 1.29 is 24.6 Å². The summed E-state index contributed by atoms with van der Waals surface area (Å²) in [7, 11) is 0. The Kier molecular flexibility index (Phi) is 4.31. The monoisotopic (exact) mass is 278 g/mol. The number of nitrogens with one attached hydrogen (secondary N) is 1. The summed E-state index contributed by atoms with van der Waals surface area (Å²) in [5.74, 6) is -1.89. The molecule has 0 saturated carbocycles. The molecule has 0 radical (unpaired) electrons. The third kappa shape index (κ3) is 3.33. The van der Waals surface area contributed by atoms with E-state index < -0.39 is 24.1 Å². The fourth-order valence-corrected chi connectivity index (χ4v) is 1.72. The fraction of sp³-hybridized carbons (Fsp3) is 0.308. The lowest BCUT2D eigenvalue weighted by atomic mass is 10.0. The van der Waals surface area contributed by atoms with Crippen LogP contribution in [0.2, 0.25) is 0 Å². The third-order valence-corrected chi connectivity index (χ3v) is 2.82. The molecule has 7 heteroatoms. The number of rotatable bonds is 5. The summed E-state index contributed by atoms with van der Waals surface area (Å²) in [6.45, 7) is -0.366. The highest BCUT2D eigenvalue weighted by Crippen LogP contribution is 2.16. The average Bonchev–Trinajstić information content (AvgIpc) is 2.95. The first-order valence-corrected chi connectivity index (χ1v) is 6.04. The molecule has 106 valence electrons. The molecule has 1 aromatic rings. The van der Waals surface area contributed by atoms with E-state index in [-0.39, 0.29) is 6.54 Å². The van der Waals surface area contributed by atoms with Gasteiger partial charge < -0.3 is 20.4 Å². The van der Waals surface area contributed by atoms with Crippen LogP contribution in [0.1, 0.15) is 12.0 Å². The second-order valence-electron chi connectivity index (χ2n) is 4.30. The van der Waals surface area contributed by atoms with E-state index in [2.05, 4.69) is 10.5 Å². The number of aliphatic carboxylic acids is 1. The number of carbonyl (C=O) groups is 2. The van der Waals surface area contributed by atoms with Crippen molar-refractivity contribution in [1.29, 1.82) is 0 Å². The van der Waals surface area contributed by atoms with Crippen LogP contribution in [-0.2, 0) is 14.4 Å². The van der Waals surface area contributed by atoms with Gasteiger partial charge in [-0.1, -0.05) is 35.5 Å². The Hall–Kier alpha value is -2.41. The predicted octanol–water partition coefficient (Wildman–Crippen LogP) is -0.259. The summed E-state index contributed by atoms with van der Waals surface area (Å²) in [5, 5.41) is 23.7. The molecule has 0 aromatic heterocycles. The van der Waals surface area contributed by atoms with Gasteiger partial charge in [-0.2, -0.15) is 0 Å². The Morgan fingerprint density at radius 2 is 2.10 bits per heavy atom. The van der Waals surface area contributed by atoms with Crippen molar-refractivity contribution in [2.24, 2.45) is 5.16 Å². The summed E-state index contributed by atoms with van der Waals surface area (Å²) in [6.07, 6.45) is -2.12. The van der Waals surface area contributed by atoms with Crippen LogP contribution in [0.4, 0.5) is 0 Å². The van der Waals surface area contributed by atoms with Crippen LogP contribution in [0, 0.1) is 0 Å². The lowest BCUT2D eigenvalue weighted by Crippen LogP contribution is -2.41. The van der Waals surface area contributed by atoms with Gasteiger partial charge in [0.05, 0.1) is 12.3 Å². The van der Waals surface area contributed by atoms with Crippen molar-refractivity contribution in [3.63, 3.8) is 0 Å². The van der Waals surface area contributed by atoms with Crippen molar-refractivity contribution in [3.05, 3.63) is 35.9 Å². The molecule has 2 rings (SSSR count). The number of carboxylic acids is 1. The van der Waals surface area contributed by atoms with E-state index in [0.29, 0.717) is 12.1 Å². The normalized spacial score (nSPS) is 18.9. The van der Waals surface area contributed by atoms with Gasteiger partial charge in [-0.15, -0.1) is 0 Å². The Balaban J connectivity index is 1.85. The third-order valence-electron chi connectivity index (χ3n) is 2.82. The van der Waals surface area contributed by atoms with E-state index in [0.717, 1.165) is 5.56 Å². The number of hydrogen-bond acceptors (Lipinski definition) is 5. The molecule has 0 saturated heterocycles. The summed E-state index contributed by atoms with van der Waals surface area (Å²) >= 11 is 0. The van der Waals surface area contributed by atoms with Crippen LogP contribution < -0.4 is 5.32 Å². The number of hydrogen-bond donors (Lipinski definition) is 3. The van der Waals surface area contributed by atoms with Gasteiger partial charge in [0.2, 0.25) is 6.10 Å². The first-order chi connectivity index (χ1) is 9.58. The minimum Gasteiger partial charge on any atom is -0.479 e. The van der Waals surface area contributed by atoms with Gasteiger partial charge in [0.1, 0.15) is 0 Å². The molecule has 1 amide bonds. The molecule has 0 bridgehead atoms. The molecular formula is C13H14N2O5. The molecule has 7 nitrogen and oxygen atoms in total. The van der Waals surface area contributed by atoms with Gasteiger partial charge >= 0.3 is 5.97 Å². The zero-order chi connectivity index (χ0) is 14.5. The molecule has 1 aliphatic rings. The maximum atomic E-state index is 11.7. The van der Waals surface area contributed by atoms with Crippen molar-refractivity contribution in [1.82, 2.24) is 5.32 Å². The number of carbonyl (C=O) groups excluding carboxylic acids is 1. The lowest BCUT2D eigenvalue weighted by molar-refractivity contribution is -0.146. The Morgan fingerprint density at radius 1 is 1.40 bits per heavy atom. The Labute approximate surface area is 114 Å². The topological polar surface area (TPSA) is 108 Å². The highest BCUT2D eigenvalue weighted by atomic mass is 16.6. The lowest BCUT2D eigenvalue weighted by Gasteiger charge is -2.10. The minimum absolute atomic E-state index is 0.305. The summed E-state index contributed by atoms with van der Waals surface area (Å²) < 4.78 is 0. The van der Waals surface area contributed by atoms with Crippen molar-refractivity contribution in [3.8, 4) is 0 Å². The second-order valence-corrected chi connectivity index (χ2v) is 4.30. The van der Waals surface area contributed by atoms with Gasteiger partial charge in [-0.3, -0.25) is 4.79 Å². The highest BCUT2D eigenvalue weighted by molar-refractivity contribution is 6.04. The van der Waals surface area contributed by atoms with Crippen molar-refractivity contribution in [2.45, 2.75) is 18.6 Å². The molecule has 0 fully saturated rings. The van der Waals surface area contributed by atoms with Crippen molar-refractivity contribution in [2.75, 3.05) is 6.54 Å². The van der Waals surface area contributed by atoms with Crippen LogP contribution in [0.25, 0.3) is 0 Å². The first kappa shape index (κ1) is 14.0. The molecule has 0 spiro atoms. The van der Waals surface area contributed by atoms with Crippen LogP contribution in [0.15, 0.2) is 35.5 Å². The summed E-state index contributed by atoms with van der Waals surface area (Å²) in [6, 6.07) is 9.30. The molecule has 2 atom stereocenters. The van der Waals surface area contributed by atoms with E-state index in [1.807, 2.05) is 30.3 Å². The zero-order valence-corrected chi connectivity index (χ0v) is 10.5. The maximum absolute atomic E-state index is 11.7. The number of carboxylic acid groups (broad SMARTS) is 1. The fourth-order valence-electron chi connectivity index (χ4n) is 1.72. The largest absolute Gasteiger partial charge is 0.479 e. The van der Waals surface area contributed by atoms with Gasteiger partial charge in [-0.05, 0) is 5.56 Å². The number of amides is 1. The molecule has 1 aromatic carbocycles. The zero-order valence-electron chi connectivity index (χ0n) is 10.5. The van der Waals surface area contributed by atoms with E-state index >= 15 is 0 Å². The average molecular weight is 278 g/mol. The Morgan fingerprint density at radius 3 is 2.75 bits per heavy atom. The molecule has 3 N–H and O–H groups in total. The highest BCUT2D eigenvalue weighted by Gasteiger charge is 2.29. The molecule has 1 aliphatic heterocycles. The number of aliphatic hydroxyl groups is 1. The van der Waals surface area contributed by atoms with E-state index in [4.69, 9.17) is 15.1 Å². The van der Waals surface area contributed by atoms with Crippen LogP contribution in [-0.4, -0.2) is 46.6 Å². The summed E-state index contributed by atoms with van der Waals surface area (Å²) in [4.78, 5) is 27.2. The number of benzene rings is 1. The van der Waals surface area contributed by atoms with Gasteiger partial charge in [-0.25, -0.2) is 4.79 Å². The van der Waals surface area contributed by atoms with E-state index in [9.17, 15) is 9.59 Å². The van der Waals surface area contributed by atoms with Crippen LogP contribution in [0.3, 0.4) is 0 Å². The van der Waals surface area contributed by atoms with E-state index in [1.54, 1.807) is 0 Å². The maximum Gasteiger partial charge on any atom is 0.334 e. The quantitative estimate of drug-likeness (QED) is 0.687. The minimum atomic E-state index is -1.63. The predicted molar refractivity (Wildman–Crippen MR) is 69.1 cm³/mol. The smallest absolute Gasteiger partial charge is 0.334 e. The van der Waals surface area contributed by atoms with Gasteiger partial charge in [0.25, 0.3) is 5.91 Å². The van der Waals surface area contributed by atoms with Crippen LogP contribution in [0.5, 0.6) is 0 Å². The Bertz CT molecular complexity index is 529. The van der Waals surface area contributed by atoms with Gasteiger partial charge in [0, 0.05) is 6.42 Å². The van der Waals surface area contributed by atoms with Crippen molar-refractivity contribution >= 4 is 17.6 Å².